The number of ether oxygens (including phenoxy) is 1. The van der Waals surface area contributed by atoms with Gasteiger partial charge in [-0.25, -0.2) is 4.99 Å². The number of hydrogen-bond acceptors (Lipinski definition) is 12. The Morgan fingerprint density at radius 3 is 2.27 bits per heavy atom. The zero-order chi connectivity index (χ0) is 37.1. The lowest BCUT2D eigenvalue weighted by molar-refractivity contribution is -0.137. The monoisotopic (exact) mass is 730 g/mol. The van der Waals surface area contributed by atoms with Crippen LogP contribution in [0.25, 0.3) is 0 Å². The summed E-state index contributed by atoms with van der Waals surface area (Å²) in [6, 6.07) is 0.423. The van der Waals surface area contributed by atoms with Crippen LogP contribution in [0.4, 0.5) is 0 Å². The van der Waals surface area contributed by atoms with Crippen LogP contribution in [0.2, 0.25) is 0 Å². The topological polar surface area (TPSA) is 263 Å². The van der Waals surface area contributed by atoms with Crippen LogP contribution in [-0.4, -0.2) is 118 Å². The molecule has 0 spiro atoms. The minimum Gasteiger partial charge on any atom is -0.508 e. The van der Waals surface area contributed by atoms with E-state index in [4.69, 9.17) is 10.5 Å². The Morgan fingerprint density at radius 1 is 0.902 bits per heavy atom. The molecule has 0 aliphatic carbocycles. The van der Waals surface area contributed by atoms with E-state index in [9.17, 15) is 39.0 Å². The van der Waals surface area contributed by atoms with Gasteiger partial charge in [0.1, 0.15) is 36.5 Å². The molecular formula is C33H46N8O9S. The molecule has 0 saturated carbocycles. The third kappa shape index (κ3) is 11.7. The highest BCUT2D eigenvalue weighted by Crippen LogP contribution is 2.24. The number of unbranched alkanes of at least 4 members (excludes halogenated alkanes) is 1. The van der Waals surface area contributed by atoms with Crippen molar-refractivity contribution in [3.8, 4) is 5.75 Å². The molecule has 278 valence electrons. The summed E-state index contributed by atoms with van der Waals surface area (Å²) in [5.41, 5.74) is 6.43. The third-order valence-corrected chi connectivity index (χ3v) is 9.46. The predicted molar refractivity (Wildman–Crippen MR) is 188 cm³/mol. The highest BCUT2D eigenvalue weighted by atomic mass is 32.2. The van der Waals surface area contributed by atoms with Crippen LogP contribution in [0.15, 0.2) is 34.3 Å². The minimum atomic E-state index is -1.27. The number of nitrogens with one attached hydrogen (secondary N) is 5. The molecule has 18 heteroatoms. The Hall–Kier alpha value is -4.71. The van der Waals surface area contributed by atoms with Crippen molar-refractivity contribution in [1.82, 2.24) is 26.6 Å². The number of amides is 5. The number of aromatic hydroxyl groups is 1. The van der Waals surface area contributed by atoms with Gasteiger partial charge in [0.25, 0.3) is 0 Å². The van der Waals surface area contributed by atoms with Crippen molar-refractivity contribution < 1.29 is 43.7 Å². The Labute approximate surface area is 299 Å². The summed E-state index contributed by atoms with van der Waals surface area (Å²) in [5, 5.41) is 33.2. The van der Waals surface area contributed by atoms with Crippen LogP contribution in [0, 0.1) is 5.92 Å². The van der Waals surface area contributed by atoms with E-state index in [0.29, 0.717) is 24.4 Å². The number of aliphatic carboxylic acids is 1. The Morgan fingerprint density at radius 2 is 1.59 bits per heavy atom. The predicted octanol–water partition coefficient (Wildman–Crippen LogP) is -1.04. The van der Waals surface area contributed by atoms with Gasteiger partial charge in [-0.3, -0.25) is 33.8 Å². The molecule has 1 aromatic carbocycles. The first-order valence-electron chi connectivity index (χ1n) is 16.9. The molecular weight excluding hydrogens is 684 g/mol. The van der Waals surface area contributed by atoms with Crippen LogP contribution in [0.1, 0.15) is 51.5 Å². The molecule has 17 nitrogen and oxygen atoms in total. The lowest BCUT2D eigenvalue weighted by atomic mass is 10.0. The van der Waals surface area contributed by atoms with Crippen LogP contribution < -0.4 is 32.3 Å². The molecule has 6 atom stereocenters. The minimum absolute atomic E-state index is 0.0332. The molecule has 4 rings (SSSR count). The number of fused-ring (bicyclic) bond motifs is 2. The van der Waals surface area contributed by atoms with Crippen molar-refractivity contribution in [2.75, 3.05) is 25.4 Å². The van der Waals surface area contributed by atoms with Gasteiger partial charge >= 0.3 is 5.97 Å². The summed E-state index contributed by atoms with van der Waals surface area (Å²) in [6.07, 6.45) is 1.25. The Balaban J connectivity index is 1.68. The van der Waals surface area contributed by atoms with Gasteiger partial charge in [0.15, 0.2) is 6.04 Å². The molecule has 1 aromatic rings. The lowest BCUT2D eigenvalue weighted by Gasteiger charge is -2.25. The Bertz CT molecular complexity index is 1520. The molecule has 2 unspecified atom stereocenters. The van der Waals surface area contributed by atoms with E-state index < -0.39 is 84.7 Å². The first kappa shape index (κ1) is 39.1. The summed E-state index contributed by atoms with van der Waals surface area (Å²) in [4.78, 5) is 87.5. The van der Waals surface area contributed by atoms with Gasteiger partial charge in [-0.1, -0.05) is 26.0 Å². The normalized spacial score (nSPS) is 26.4. The third-order valence-electron chi connectivity index (χ3n) is 8.30. The number of carboxylic acid groups (broad SMARTS) is 1. The van der Waals surface area contributed by atoms with Crippen molar-refractivity contribution in [2.45, 2.75) is 88.6 Å². The van der Waals surface area contributed by atoms with E-state index in [1.807, 2.05) is 13.8 Å². The number of rotatable bonds is 10. The molecule has 51 heavy (non-hydrogen) atoms. The van der Waals surface area contributed by atoms with E-state index in [2.05, 4.69) is 36.6 Å². The SMILES string of the molecule is CC(C)C[C@@H]1NC(=O)[C@H](CCCCN)NC(=O)C2CSC(=N2)[C@H](Cc2ccc(O)cc2)NC(=O)C2COC(=N2)[C@H](CC(=O)O)NC(=O)CNC1=O. The second-order valence-corrected chi connectivity index (χ2v) is 14.0. The van der Waals surface area contributed by atoms with Crippen LogP contribution in [0.5, 0.6) is 5.75 Å². The van der Waals surface area contributed by atoms with Gasteiger partial charge in [-0.15, -0.1) is 11.8 Å². The zero-order valence-electron chi connectivity index (χ0n) is 28.6. The molecule has 0 aromatic heterocycles. The molecule has 3 aliphatic heterocycles. The average molecular weight is 731 g/mol. The van der Waals surface area contributed by atoms with Gasteiger partial charge < -0.3 is 47.3 Å². The second-order valence-electron chi connectivity index (χ2n) is 13.0. The number of phenols is 1. The smallest absolute Gasteiger partial charge is 0.305 e. The van der Waals surface area contributed by atoms with E-state index in [0.717, 1.165) is 5.56 Å². The molecule has 4 bridgehead atoms. The number of hydrogen-bond donors (Lipinski definition) is 8. The quantitative estimate of drug-likeness (QED) is 0.135. The molecule has 3 aliphatic rings. The van der Waals surface area contributed by atoms with Gasteiger partial charge in [-0.05, 0) is 62.3 Å². The van der Waals surface area contributed by atoms with Crippen LogP contribution >= 0.6 is 11.8 Å². The summed E-state index contributed by atoms with van der Waals surface area (Å²) in [6.45, 7) is 3.34. The Kier molecular flexibility index (Phi) is 14.2. The fourth-order valence-electron chi connectivity index (χ4n) is 5.69. The second kappa shape index (κ2) is 18.5. The molecule has 9 N–H and O–H groups in total. The molecule has 0 saturated heterocycles. The van der Waals surface area contributed by atoms with Crippen molar-refractivity contribution in [2.24, 2.45) is 21.6 Å². The van der Waals surface area contributed by atoms with Gasteiger partial charge in [0.2, 0.25) is 35.4 Å². The van der Waals surface area contributed by atoms with Crippen LogP contribution in [0.3, 0.4) is 0 Å². The maximum atomic E-state index is 13.6. The summed E-state index contributed by atoms with van der Waals surface area (Å²) < 4.78 is 5.59. The lowest BCUT2D eigenvalue weighted by Crippen LogP contribution is -2.56. The van der Waals surface area contributed by atoms with Crippen LogP contribution in [-0.2, 0) is 39.9 Å². The van der Waals surface area contributed by atoms with E-state index >= 15 is 0 Å². The highest BCUT2D eigenvalue weighted by molar-refractivity contribution is 8.14. The number of nitrogens with two attached hydrogens (primary N) is 1. The van der Waals surface area contributed by atoms with Gasteiger partial charge in [0, 0.05) is 5.75 Å². The average Bonchev–Trinajstić information content (AvgIpc) is 3.77. The van der Waals surface area contributed by atoms with Gasteiger partial charge in [-0.2, -0.15) is 0 Å². The van der Waals surface area contributed by atoms with Gasteiger partial charge in [0.05, 0.1) is 24.1 Å². The number of nitrogens with zero attached hydrogens (tertiary/aromatic N) is 2. The maximum Gasteiger partial charge on any atom is 0.305 e. The van der Waals surface area contributed by atoms with E-state index in [-0.39, 0.29) is 49.2 Å². The van der Waals surface area contributed by atoms with E-state index in [1.165, 1.54) is 23.9 Å². The fraction of sp³-hybridized carbons (Fsp3) is 0.576. The fourth-order valence-corrected chi connectivity index (χ4v) is 6.79. The molecule has 5 amide bonds. The number of carbonyl (C=O) groups is 6. The molecule has 0 fully saturated rings. The maximum absolute atomic E-state index is 13.6. The number of thioether (sulfide) groups is 1. The van der Waals surface area contributed by atoms with Crippen molar-refractivity contribution in [1.29, 1.82) is 0 Å². The standard InChI is InChI=1S/C33H46N8O9S/c1-17(2)11-21-28(46)35-14-26(43)36-22(13-27(44)45)32-40-24(15-50-32)30(48)39-23(12-18-6-8-19(42)9-7-18)33-41-25(16-51-33)31(49)37-20(29(47)38-21)5-3-4-10-34/h6-9,17,20-25,42H,3-5,10-16,34H2,1-2H3,(H,35,46)(H,36,43)(H,37,49)(H,38,47)(H,39,48)(H,44,45)/t20-,21-,22-,23-,24?,25?/m0/s1. The molecule has 3 heterocycles. The summed E-state index contributed by atoms with van der Waals surface area (Å²) in [7, 11) is 0. The van der Waals surface area contributed by atoms with Crippen molar-refractivity contribution in [3.05, 3.63) is 29.8 Å². The van der Waals surface area contributed by atoms with Crippen molar-refractivity contribution >= 4 is 58.2 Å². The first-order valence-corrected chi connectivity index (χ1v) is 17.9. The number of carbonyl (C=O) groups excluding carboxylic acids is 5. The zero-order valence-corrected chi connectivity index (χ0v) is 29.4. The van der Waals surface area contributed by atoms with E-state index in [1.54, 1.807) is 12.1 Å². The number of phenolic OH excluding ortho intramolecular Hbond substituents is 1. The first-order chi connectivity index (χ1) is 24.3. The number of aliphatic imine (C=N–C) groups is 2. The number of carboxylic acids is 1. The molecule has 0 radical (unpaired) electrons. The highest BCUT2D eigenvalue weighted by Gasteiger charge is 2.37. The summed E-state index contributed by atoms with van der Waals surface area (Å²) >= 11 is 1.27. The summed E-state index contributed by atoms with van der Waals surface area (Å²) in [5.74, 6) is -4.20. The number of benzene rings is 1. The largest absolute Gasteiger partial charge is 0.508 e. The van der Waals surface area contributed by atoms with Crippen molar-refractivity contribution in [3.63, 3.8) is 0 Å².